The Kier molecular flexibility index (Phi) is 8.53. The number of amides is 2. The third-order valence-corrected chi connectivity index (χ3v) is 13.0. The van der Waals surface area contributed by atoms with Gasteiger partial charge in [0.05, 0.1) is 49.8 Å². The fourth-order valence-electron chi connectivity index (χ4n) is 8.80. The number of nitrogens with zero attached hydrogens (tertiary/aromatic N) is 6. The number of phenols is 1. The van der Waals surface area contributed by atoms with E-state index < -0.39 is 56.3 Å². The average molecular weight is 832 g/mol. The minimum Gasteiger partial charge on any atom is -0.508 e. The number of aromatic nitrogens is 5. The second-order valence-electron chi connectivity index (χ2n) is 14.6. The molecule has 1 aliphatic carbocycles. The SMILES string of the molecule is COc1cc2nc(CCn3c(=O)n4n(c3=O)C3CC5(Cl)C(=O)N(c6ccc(F)cc6)C(=O)C5(Cl)C(C5=COc6ccc(O)cc6C5)C3=CC4)c(=O)n(C)c2cc1OC. The van der Waals surface area contributed by atoms with Crippen molar-refractivity contribution in [2.45, 2.75) is 48.1 Å². The second kappa shape index (κ2) is 13.2. The van der Waals surface area contributed by atoms with Crippen molar-refractivity contribution in [1.82, 2.24) is 23.5 Å². The van der Waals surface area contributed by atoms with Crippen LogP contribution in [0.15, 0.2) is 92.5 Å². The molecule has 4 unspecified atom stereocenters. The number of methoxy groups -OCH3 is 2. The number of hydrogen-bond acceptors (Lipinski definition) is 10. The highest BCUT2D eigenvalue weighted by Gasteiger charge is 2.76. The Bertz CT molecular complexity index is 2880. The predicted octanol–water partition coefficient (Wildman–Crippen LogP) is 3.71. The lowest BCUT2D eigenvalue weighted by atomic mass is 9.63. The van der Waals surface area contributed by atoms with Gasteiger partial charge in [0.2, 0.25) is 0 Å². The Hall–Kier alpha value is -6.13. The van der Waals surface area contributed by atoms with E-state index in [1.54, 1.807) is 31.3 Å². The summed E-state index contributed by atoms with van der Waals surface area (Å²) in [6.45, 7) is -0.337. The molecule has 0 spiro atoms. The molecule has 0 radical (unpaired) electrons. The van der Waals surface area contributed by atoms with Crippen LogP contribution < -0.4 is 36.0 Å². The van der Waals surface area contributed by atoms with Crippen LogP contribution in [0.25, 0.3) is 11.0 Å². The molecular weight excluding hydrogens is 798 g/mol. The normalized spacial score (nSPS) is 23.4. The highest BCUT2D eigenvalue weighted by Crippen LogP contribution is 2.63. The number of aromatic hydroxyl groups is 1. The van der Waals surface area contributed by atoms with Gasteiger partial charge in [0.25, 0.3) is 17.4 Å². The number of ether oxygens (including phenoxy) is 3. The molecule has 298 valence electrons. The Labute approximate surface area is 337 Å². The van der Waals surface area contributed by atoms with E-state index in [-0.39, 0.29) is 49.5 Å². The lowest BCUT2D eigenvalue weighted by molar-refractivity contribution is -0.122. The second-order valence-corrected chi connectivity index (χ2v) is 15.8. The first-order valence-corrected chi connectivity index (χ1v) is 18.9. The van der Waals surface area contributed by atoms with E-state index in [9.17, 15) is 33.5 Å². The molecule has 2 fully saturated rings. The van der Waals surface area contributed by atoms with Crippen LogP contribution in [0.1, 0.15) is 23.7 Å². The summed E-state index contributed by atoms with van der Waals surface area (Å²) in [7, 11) is 4.52. The molecule has 2 aromatic heterocycles. The number of halogens is 3. The summed E-state index contributed by atoms with van der Waals surface area (Å²) in [5.41, 5.74) is 0.609. The van der Waals surface area contributed by atoms with Crippen LogP contribution in [-0.2, 0) is 42.6 Å². The Morgan fingerprint density at radius 2 is 1.69 bits per heavy atom. The van der Waals surface area contributed by atoms with E-state index in [2.05, 4.69) is 4.98 Å². The number of hydrogen-bond donors (Lipinski definition) is 1. The zero-order valence-electron chi connectivity index (χ0n) is 31.1. The van der Waals surface area contributed by atoms with E-state index in [1.807, 2.05) is 0 Å². The molecule has 4 aliphatic rings. The van der Waals surface area contributed by atoms with Gasteiger partial charge in [-0.15, -0.1) is 23.2 Å². The molecule has 1 saturated heterocycles. The molecule has 4 atom stereocenters. The number of allylic oxidation sites excluding steroid dienone is 3. The molecular formula is C40H33Cl2FN6O9. The quantitative estimate of drug-likeness (QED) is 0.145. The summed E-state index contributed by atoms with van der Waals surface area (Å²) >= 11 is 14.9. The highest BCUT2D eigenvalue weighted by molar-refractivity contribution is 6.58. The molecule has 58 heavy (non-hydrogen) atoms. The number of carbonyl (C=O) groups is 2. The van der Waals surface area contributed by atoms with Gasteiger partial charge in [-0.2, -0.15) is 0 Å². The van der Waals surface area contributed by atoms with Crippen molar-refractivity contribution >= 4 is 51.7 Å². The molecule has 5 aromatic rings. The van der Waals surface area contributed by atoms with Gasteiger partial charge in [0.15, 0.2) is 21.2 Å². The summed E-state index contributed by atoms with van der Waals surface area (Å²) in [5.74, 6) is -2.28. The first-order valence-electron chi connectivity index (χ1n) is 18.2. The maximum atomic E-state index is 14.7. The van der Waals surface area contributed by atoms with Gasteiger partial charge in [0, 0.05) is 56.5 Å². The summed E-state index contributed by atoms with van der Waals surface area (Å²) in [5, 5.41) is 10.3. The fourth-order valence-corrected chi connectivity index (χ4v) is 9.73. The maximum absolute atomic E-state index is 14.7. The van der Waals surface area contributed by atoms with Crippen LogP contribution in [0, 0.1) is 11.7 Å². The maximum Gasteiger partial charge on any atom is 0.347 e. The number of imide groups is 1. The molecule has 1 saturated carbocycles. The summed E-state index contributed by atoms with van der Waals surface area (Å²) in [6, 6.07) is 11.5. The van der Waals surface area contributed by atoms with E-state index in [1.165, 1.54) is 58.7 Å². The van der Waals surface area contributed by atoms with Gasteiger partial charge in [-0.05, 0) is 53.6 Å². The standard InChI is InChI=1S/C40H33Cl2FN6O9/c1-45-28-17-32(57-3)31(56-2)16-27(28)44-26(34(45)51)11-12-46-37(54)47-13-10-25-29(49(47)38(46)55)18-39(41)35(52)48(23-6-4-22(43)5-7-23)36(53)40(39,42)33(25)21-14-20-15-24(50)8-9-30(20)58-19-21/h4-10,15-17,19,29,33,50H,11-14,18H2,1-3H3. The molecule has 15 nitrogen and oxygen atoms in total. The minimum absolute atomic E-state index is 0.0301. The van der Waals surface area contributed by atoms with Crippen molar-refractivity contribution in [2.24, 2.45) is 13.0 Å². The Morgan fingerprint density at radius 3 is 2.41 bits per heavy atom. The zero-order valence-corrected chi connectivity index (χ0v) is 32.6. The monoisotopic (exact) mass is 830 g/mol. The largest absolute Gasteiger partial charge is 0.508 e. The number of anilines is 1. The summed E-state index contributed by atoms with van der Waals surface area (Å²) in [6.07, 6.45) is 2.76. The van der Waals surface area contributed by atoms with Gasteiger partial charge in [0.1, 0.15) is 23.0 Å². The van der Waals surface area contributed by atoms with Crippen LogP contribution in [0.3, 0.4) is 0 Å². The Morgan fingerprint density at radius 1 is 0.966 bits per heavy atom. The summed E-state index contributed by atoms with van der Waals surface area (Å²) in [4.78, 5) is 72.2. The van der Waals surface area contributed by atoms with E-state index in [0.717, 1.165) is 21.6 Å². The molecule has 3 aromatic carbocycles. The van der Waals surface area contributed by atoms with E-state index in [4.69, 9.17) is 37.4 Å². The first-order chi connectivity index (χ1) is 27.7. The van der Waals surface area contributed by atoms with Gasteiger partial charge >= 0.3 is 11.4 Å². The number of carbonyl (C=O) groups excluding carboxylic acids is 2. The van der Waals surface area contributed by atoms with E-state index in [0.29, 0.717) is 45.0 Å². The van der Waals surface area contributed by atoms with Crippen LogP contribution >= 0.6 is 23.2 Å². The summed E-state index contributed by atoms with van der Waals surface area (Å²) < 4.78 is 35.6. The highest BCUT2D eigenvalue weighted by atomic mass is 35.5. The van der Waals surface area contributed by atoms with Crippen molar-refractivity contribution in [3.8, 4) is 23.0 Å². The van der Waals surface area contributed by atoms with Crippen molar-refractivity contribution in [3.63, 3.8) is 0 Å². The van der Waals surface area contributed by atoms with Gasteiger partial charge < -0.3 is 23.9 Å². The predicted molar refractivity (Wildman–Crippen MR) is 209 cm³/mol. The lowest BCUT2D eigenvalue weighted by Gasteiger charge is -2.49. The van der Waals surface area contributed by atoms with Crippen molar-refractivity contribution in [3.05, 3.63) is 126 Å². The number of benzene rings is 3. The molecule has 18 heteroatoms. The van der Waals surface area contributed by atoms with Crippen LogP contribution in [0.5, 0.6) is 23.0 Å². The van der Waals surface area contributed by atoms with Crippen molar-refractivity contribution < 1.29 is 33.3 Å². The fraction of sp³-hybridized carbons (Fsp3) is 0.300. The average Bonchev–Trinajstić information content (AvgIpc) is 3.54. The Balaban J connectivity index is 1.14. The van der Waals surface area contributed by atoms with Crippen LogP contribution in [0.4, 0.5) is 10.1 Å². The zero-order chi connectivity index (χ0) is 41.0. The number of alkyl halides is 2. The number of rotatable bonds is 7. The van der Waals surface area contributed by atoms with Crippen LogP contribution in [0.2, 0.25) is 0 Å². The topological polar surface area (TPSA) is 169 Å². The van der Waals surface area contributed by atoms with E-state index >= 15 is 0 Å². The molecule has 0 bridgehead atoms. The van der Waals surface area contributed by atoms with Gasteiger partial charge in [-0.3, -0.25) is 14.4 Å². The molecule has 2 amide bonds. The van der Waals surface area contributed by atoms with Crippen LogP contribution in [-0.4, -0.2) is 64.4 Å². The van der Waals surface area contributed by atoms with Gasteiger partial charge in [-0.25, -0.2) is 37.8 Å². The number of fused-ring (bicyclic) bond motifs is 6. The van der Waals surface area contributed by atoms with Crippen molar-refractivity contribution in [2.75, 3.05) is 19.1 Å². The molecule has 9 rings (SSSR count). The third kappa shape index (κ3) is 5.16. The van der Waals surface area contributed by atoms with Gasteiger partial charge in [-0.1, -0.05) is 6.08 Å². The third-order valence-electron chi connectivity index (χ3n) is 11.6. The minimum atomic E-state index is -2.20. The smallest absolute Gasteiger partial charge is 0.347 e. The number of phenolic OH excluding ortho intramolecular Hbond substituents is 1. The molecule has 5 heterocycles. The number of aryl methyl sites for hydroxylation is 2. The lowest BCUT2D eigenvalue weighted by Crippen LogP contribution is -2.61. The molecule has 1 N–H and O–H groups in total. The first kappa shape index (κ1) is 37.4. The molecule has 3 aliphatic heterocycles. The van der Waals surface area contributed by atoms with Crippen molar-refractivity contribution in [1.29, 1.82) is 0 Å².